The first-order valence-electron chi connectivity index (χ1n) is 9.65. The molecular weight excluding hydrogens is 394 g/mol. The van der Waals surface area contributed by atoms with E-state index in [-0.39, 0.29) is 0 Å². The smallest absolute Gasteiger partial charge is 0.140 e. The van der Waals surface area contributed by atoms with E-state index in [9.17, 15) is 4.21 Å². The lowest BCUT2D eigenvalue weighted by Crippen LogP contribution is -2.27. The summed E-state index contributed by atoms with van der Waals surface area (Å²) in [6.07, 6.45) is 7.84. The van der Waals surface area contributed by atoms with E-state index in [1.165, 1.54) is 5.56 Å². The Bertz CT molecular complexity index is 1350. The Morgan fingerprint density at radius 3 is 2.73 bits per heavy atom. The maximum atomic E-state index is 12.6. The second-order valence-corrected chi connectivity index (χ2v) is 9.80. The van der Waals surface area contributed by atoms with Crippen LogP contribution in [-0.2, 0) is 16.1 Å². The van der Waals surface area contributed by atoms with Crippen LogP contribution in [0.2, 0.25) is 0 Å². The first-order chi connectivity index (χ1) is 14.5. The van der Waals surface area contributed by atoms with Crippen molar-refractivity contribution in [3.8, 4) is 11.3 Å². The van der Waals surface area contributed by atoms with Gasteiger partial charge < -0.3 is 5.32 Å². The average molecular weight is 416 g/mol. The van der Waals surface area contributed by atoms with E-state index in [4.69, 9.17) is 4.98 Å². The Kier molecular flexibility index (Phi) is 4.40. The van der Waals surface area contributed by atoms with Crippen molar-refractivity contribution in [3.05, 3.63) is 72.7 Å². The highest BCUT2D eigenvalue weighted by Crippen LogP contribution is 2.34. The molecule has 0 fully saturated rings. The number of fused-ring (bicyclic) bond motifs is 2. The summed E-state index contributed by atoms with van der Waals surface area (Å²) in [5.41, 5.74) is 5.69. The van der Waals surface area contributed by atoms with Crippen LogP contribution in [0.1, 0.15) is 5.56 Å². The Labute approximate surface area is 175 Å². The van der Waals surface area contributed by atoms with Crippen molar-refractivity contribution in [2.45, 2.75) is 6.42 Å². The van der Waals surface area contributed by atoms with Crippen molar-refractivity contribution in [1.82, 2.24) is 15.0 Å². The number of hydrogen-bond donors (Lipinski definition) is 1. The second kappa shape index (κ2) is 7.11. The Balaban J connectivity index is 1.59. The SMILES string of the molecule is C=S(C)(=O)N1CCc2ccc(Nc3nc(-c4ccncc4)cc4ncccc34)cc21. The minimum Gasteiger partial charge on any atom is -0.340 e. The van der Waals surface area contributed by atoms with E-state index in [1.54, 1.807) is 24.8 Å². The van der Waals surface area contributed by atoms with Crippen LogP contribution in [0, 0.1) is 0 Å². The van der Waals surface area contributed by atoms with Gasteiger partial charge in [0.25, 0.3) is 0 Å². The first-order valence-corrected chi connectivity index (χ1v) is 11.7. The predicted octanol–water partition coefficient (Wildman–Crippen LogP) is 4.06. The molecule has 6 nitrogen and oxygen atoms in total. The molecule has 0 saturated heterocycles. The molecule has 0 amide bonds. The van der Waals surface area contributed by atoms with Gasteiger partial charge in [-0.3, -0.25) is 14.3 Å². The third kappa shape index (κ3) is 3.37. The van der Waals surface area contributed by atoms with Crippen molar-refractivity contribution in [1.29, 1.82) is 0 Å². The third-order valence-electron chi connectivity index (χ3n) is 5.24. The number of rotatable bonds is 4. The van der Waals surface area contributed by atoms with Crippen LogP contribution >= 0.6 is 0 Å². The van der Waals surface area contributed by atoms with Crippen LogP contribution in [0.4, 0.5) is 17.2 Å². The third-order valence-corrected chi connectivity index (χ3v) is 6.55. The minimum absolute atomic E-state index is 0.722. The monoisotopic (exact) mass is 415 g/mol. The molecule has 30 heavy (non-hydrogen) atoms. The minimum atomic E-state index is -2.31. The van der Waals surface area contributed by atoms with Gasteiger partial charge in [-0.05, 0) is 60.3 Å². The van der Waals surface area contributed by atoms with Gasteiger partial charge in [0, 0.05) is 57.7 Å². The second-order valence-electron chi connectivity index (χ2n) is 7.44. The predicted molar refractivity (Wildman–Crippen MR) is 125 cm³/mol. The molecule has 1 N–H and O–H groups in total. The number of nitrogens with one attached hydrogen (secondary N) is 1. The Morgan fingerprint density at radius 2 is 1.93 bits per heavy atom. The fourth-order valence-electron chi connectivity index (χ4n) is 3.81. The lowest BCUT2D eigenvalue weighted by atomic mass is 10.1. The zero-order chi connectivity index (χ0) is 20.7. The lowest BCUT2D eigenvalue weighted by molar-refractivity contribution is 0.682. The average Bonchev–Trinajstić information content (AvgIpc) is 3.18. The highest BCUT2D eigenvalue weighted by molar-refractivity contribution is 8.00. The Hall–Kier alpha value is -3.45. The summed E-state index contributed by atoms with van der Waals surface area (Å²) >= 11 is 0. The molecule has 5 rings (SSSR count). The van der Waals surface area contributed by atoms with Crippen LogP contribution in [0.15, 0.2) is 67.1 Å². The summed E-state index contributed by atoms with van der Waals surface area (Å²) in [7, 11) is -2.31. The van der Waals surface area contributed by atoms with E-state index in [0.29, 0.717) is 0 Å². The molecule has 0 saturated carbocycles. The largest absolute Gasteiger partial charge is 0.340 e. The molecule has 4 heterocycles. The Morgan fingerprint density at radius 1 is 1.10 bits per heavy atom. The zero-order valence-electron chi connectivity index (χ0n) is 16.6. The topological polar surface area (TPSA) is 71.0 Å². The number of benzene rings is 1. The maximum Gasteiger partial charge on any atom is 0.140 e. The van der Waals surface area contributed by atoms with E-state index in [2.05, 4.69) is 27.2 Å². The molecule has 4 aromatic rings. The number of aromatic nitrogens is 3. The molecule has 1 aromatic carbocycles. The molecule has 150 valence electrons. The van der Waals surface area contributed by atoms with Crippen molar-refractivity contribution >= 4 is 43.7 Å². The standard InChI is InChI=1S/C23H21N5OS/c1-30(2,29)28-13-9-17-5-6-18(14-22(17)28)26-23-19-4-3-10-25-21(19)15-20(27-23)16-7-11-24-12-8-16/h3-8,10-12,14-15H,1,9,13H2,2H3,(H,26,27). The molecule has 0 spiro atoms. The van der Waals surface area contributed by atoms with Crippen molar-refractivity contribution < 1.29 is 4.21 Å². The summed E-state index contributed by atoms with van der Waals surface area (Å²) in [6.45, 7) is 0.722. The van der Waals surface area contributed by atoms with Crippen LogP contribution in [0.5, 0.6) is 0 Å². The highest BCUT2D eigenvalue weighted by Gasteiger charge is 2.23. The normalized spacial score (nSPS) is 15.0. The summed E-state index contributed by atoms with van der Waals surface area (Å²) in [4.78, 5) is 13.5. The van der Waals surface area contributed by atoms with Gasteiger partial charge in [-0.2, -0.15) is 0 Å². The number of pyridine rings is 3. The van der Waals surface area contributed by atoms with Gasteiger partial charge >= 0.3 is 0 Å². The number of hydrogen-bond acceptors (Lipinski definition) is 5. The molecule has 1 aliphatic rings. The molecule has 0 bridgehead atoms. The van der Waals surface area contributed by atoms with Crippen molar-refractivity contribution in [3.63, 3.8) is 0 Å². The number of anilines is 3. The molecule has 1 unspecified atom stereocenters. The summed E-state index contributed by atoms with van der Waals surface area (Å²) in [6, 6.07) is 15.9. The van der Waals surface area contributed by atoms with Crippen molar-refractivity contribution in [2.75, 3.05) is 22.4 Å². The fraction of sp³-hybridized carbons (Fsp3) is 0.130. The zero-order valence-corrected chi connectivity index (χ0v) is 17.4. The molecular formula is C23H21N5OS. The molecule has 3 aromatic heterocycles. The van der Waals surface area contributed by atoms with Gasteiger partial charge in [-0.15, -0.1) is 0 Å². The van der Waals surface area contributed by atoms with Gasteiger partial charge in [0.05, 0.1) is 16.9 Å². The van der Waals surface area contributed by atoms with Gasteiger partial charge in [0.15, 0.2) is 0 Å². The van der Waals surface area contributed by atoms with Crippen LogP contribution in [0.25, 0.3) is 22.2 Å². The molecule has 7 heteroatoms. The van der Waals surface area contributed by atoms with E-state index in [1.807, 2.05) is 46.8 Å². The van der Waals surface area contributed by atoms with Gasteiger partial charge in [-0.1, -0.05) is 6.07 Å². The van der Waals surface area contributed by atoms with Crippen LogP contribution in [-0.4, -0.2) is 37.8 Å². The summed E-state index contributed by atoms with van der Waals surface area (Å²) < 4.78 is 14.5. The van der Waals surface area contributed by atoms with E-state index < -0.39 is 9.71 Å². The fourth-order valence-corrected chi connectivity index (χ4v) is 4.87. The molecule has 1 aliphatic heterocycles. The molecule has 1 atom stereocenters. The molecule has 0 radical (unpaired) electrons. The van der Waals surface area contributed by atoms with Crippen LogP contribution < -0.4 is 9.62 Å². The number of nitrogens with zero attached hydrogens (tertiary/aromatic N) is 4. The van der Waals surface area contributed by atoms with Crippen molar-refractivity contribution in [2.24, 2.45) is 0 Å². The summed E-state index contributed by atoms with van der Waals surface area (Å²) in [5.74, 6) is 4.58. The first kappa shape index (κ1) is 18.6. The maximum absolute atomic E-state index is 12.6. The molecule has 0 aliphatic carbocycles. The van der Waals surface area contributed by atoms with Gasteiger partial charge in [-0.25, -0.2) is 9.19 Å². The highest BCUT2D eigenvalue weighted by atomic mass is 32.2. The van der Waals surface area contributed by atoms with Gasteiger partial charge in [0.2, 0.25) is 0 Å². The summed E-state index contributed by atoms with van der Waals surface area (Å²) in [5, 5.41) is 4.39. The van der Waals surface area contributed by atoms with E-state index in [0.717, 1.165) is 52.3 Å². The van der Waals surface area contributed by atoms with Crippen LogP contribution in [0.3, 0.4) is 0 Å². The van der Waals surface area contributed by atoms with Gasteiger partial charge in [0.1, 0.15) is 5.82 Å². The van der Waals surface area contributed by atoms with E-state index >= 15 is 0 Å². The quantitative estimate of drug-likeness (QED) is 0.509. The lowest BCUT2D eigenvalue weighted by Gasteiger charge is -2.21.